The number of amides is 1. The van der Waals surface area contributed by atoms with Crippen LogP contribution in [0.3, 0.4) is 0 Å². The molecule has 3 fully saturated rings. The summed E-state index contributed by atoms with van der Waals surface area (Å²) in [5, 5.41) is 14.7. The topological polar surface area (TPSA) is 92.5 Å². The molecule has 1 aromatic heterocycles. The normalized spacial score (nSPS) is 29.5. The smallest absolute Gasteiger partial charge is 0.309 e. The highest BCUT2D eigenvalue weighted by molar-refractivity contribution is 6.40. The summed E-state index contributed by atoms with van der Waals surface area (Å²) in [7, 11) is 0. The Morgan fingerprint density at radius 1 is 1.08 bits per heavy atom. The summed E-state index contributed by atoms with van der Waals surface area (Å²) >= 11 is 12.7. The van der Waals surface area contributed by atoms with Crippen LogP contribution in [0.5, 0.6) is 0 Å². The third kappa shape index (κ3) is 4.56. The Bertz CT molecular complexity index is 1260. The van der Waals surface area contributed by atoms with Gasteiger partial charge >= 0.3 is 5.97 Å². The summed E-state index contributed by atoms with van der Waals surface area (Å²) in [6.07, 6.45) is 5.85. The number of carbonyl (C=O) groups is 3. The van der Waals surface area contributed by atoms with Crippen molar-refractivity contribution >= 4 is 40.9 Å². The first-order valence-electron chi connectivity index (χ1n) is 13.4. The lowest BCUT2D eigenvalue weighted by molar-refractivity contribution is -0.150. The number of halogens is 2. The number of Topliss-reactive ketones (excluding diaryl/α,β-unsaturated/α-hetero) is 1. The van der Waals surface area contributed by atoms with Gasteiger partial charge in [-0.3, -0.25) is 19.1 Å². The van der Waals surface area contributed by atoms with Gasteiger partial charge in [0.2, 0.25) is 0 Å². The Morgan fingerprint density at radius 2 is 1.66 bits per heavy atom. The molecule has 1 N–H and O–H groups in total. The van der Waals surface area contributed by atoms with Crippen molar-refractivity contribution in [1.29, 1.82) is 0 Å². The number of fused-ring (bicyclic) bond motifs is 1. The quantitative estimate of drug-likeness (QED) is 0.392. The fraction of sp³-hybridized carbons (Fsp3) is 0.586. The number of hydrogen-bond donors (Lipinski definition) is 1. The number of carboxylic acids is 1. The van der Waals surface area contributed by atoms with Crippen molar-refractivity contribution in [3.05, 3.63) is 51.3 Å². The second-order valence-corrected chi connectivity index (χ2v) is 13.1. The summed E-state index contributed by atoms with van der Waals surface area (Å²) in [5.41, 5.74) is 1.04. The monoisotopic (exact) mass is 559 g/mol. The van der Waals surface area contributed by atoms with Gasteiger partial charge in [-0.25, -0.2) is 0 Å². The molecule has 0 aliphatic heterocycles. The van der Waals surface area contributed by atoms with Crippen LogP contribution in [0, 0.1) is 29.6 Å². The first kappa shape index (κ1) is 27.2. The van der Waals surface area contributed by atoms with E-state index in [-0.39, 0.29) is 51.3 Å². The lowest BCUT2D eigenvalue weighted by Gasteiger charge is -2.34. The van der Waals surface area contributed by atoms with E-state index in [9.17, 15) is 19.5 Å². The minimum absolute atomic E-state index is 0.0376. The van der Waals surface area contributed by atoms with Crippen LogP contribution < -0.4 is 0 Å². The molecule has 3 aliphatic carbocycles. The number of hydrogen-bond acceptors (Lipinski definition) is 4. The van der Waals surface area contributed by atoms with Crippen LogP contribution in [0.2, 0.25) is 10.0 Å². The van der Waals surface area contributed by atoms with Crippen molar-refractivity contribution in [3.8, 4) is 0 Å². The number of nitrogens with zero attached hydrogens (tertiary/aromatic N) is 3. The molecule has 204 valence electrons. The van der Waals surface area contributed by atoms with Gasteiger partial charge in [0.25, 0.3) is 5.91 Å². The second-order valence-electron chi connectivity index (χ2n) is 12.3. The zero-order valence-corrected chi connectivity index (χ0v) is 23.8. The van der Waals surface area contributed by atoms with E-state index in [0.29, 0.717) is 43.1 Å². The van der Waals surface area contributed by atoms with Crippen molar-refractivity contribution in [2.75, 3.05) is 6.54 Å². The van der Waals surface area contributed by atoms with E-state index >= 15 is 0 Å². The van der Waals surface area contributed by atoms with Crippen molar-refractivity contribution in [2.24, 2.45) is 22.7 Å². The van der Waals surface area contributed by atoms with E-state index in [1.807, 2.05) is 11.6 Å². The third-order valence-electron chi connectivity index (χ3n) is 9.79. The van der Waals surface area contributed by atoms with Crippen LogP contribution in [0.1, 0.15) is 91.7 Å². The van der Waals surface area contributed by atoms with Crippen molar-refractivity contribution in [2.45, 2.75) is 78.3 Å². The molecule has 0 radical (unpaired) electrons. The van der Waals surface area contributed by atoms with Crippen LogP contribution >= 0.6 is 23.2 Å². The Labute approximate surface area is 233 Å². The SMILES string of the molecule is Cc1c(C(=O)N(CC(=O)c2c(Cl)cccc2Cl)C2C[C@@H]3[C@H](C2)C3(C)C)cnn1C1CCC(C)(C(=O)O)CC1. The molecule has 1 unspecified atom stereocenters. The van der Waals surface area contributed by atoms with Gasteiger partial charge in [0, 0.05) is 11.7 Å². The number of aliphatic carboxylic acids is 1. The Balaban J connectivity index is 1.39. The maximum atomic E-state index is 14.0. The van der Waals surface area contributed by atoms with Crippen molar-refractivity contribution in [3.63, 3.8) is 0 Å². The highest BCUT2D eigenvalue weighted by Gasteiger charge is 2.63. The van der Waals surface area contributed by atoms with E-state index < -0.39 is 11.4 Å². The molecule has 0 saturated heterocycles. The fourth-order valence-electron chi connectivity index (χ4n) is 6.95. The molecule has 0 bridgehead atoms. The molecule has 7 nitrogen and oxygen atoms in total. The van der Waals surface area contributed by atoms with Crippen LogP contribution in [-0.2, 0) is 4.79 Å². The first-order valence-corrected chi connectivity index (χ1v) is 14.2. The van der Waals surface area contributed by atoms with E-state index in [1.165, 1.54) is 0 Å². The Kier molecular flexibility index (Phi) is 6.92. The average Bonchev–Trinajstić information content (AvgIpc) is 3.24. The molecule has 1 amide bonds. The van der Waals surface area contributed by atoms with Gasteiger partial charge in [-0.05, 0) is 81.8 Å². The molecular weight excluding hydrogens is 525 g/mol. The molecule has 9 heteroatoms. The lowest BCUT2D eigenvalue weighted by Crippen LogP contribution is -2.43. The van der Waals surface area contributed by atoms with Gasteiger partial charge in [0.1, 0.15) is 0 Å². The largest absolute Gasteiger partial charge is 0.481 e. The van der Waals surface area contributed by atoms with E-state index in [1.54, 1.807) is 36.2 Å². The molecule has 1 heterocycles. The number of carboxylic acid groups (broad SMARTS) is 1. The number of benzene rings is 1. The molecule has 3 saturated carbocycles. The highest BCUT2D eigenvalue weighted by Crippen LogP contribution is 2.67. The number of rotatable bonds is 7. The van der Waals surface area contributed by atoms with Crippen LogP contribution in [-0.4, -0.2) is 50.0 Å². The first-order chi connectivity index (χ1) is 17.8. The summed E-state index contributed by atoms with van der Waals surface area (Å²) in [6.45, 7) is 8.12. The van der Waals surface area contributed by atoms with E-state index in [0.717, 1.165) is 18.5 Å². The maximum absolute atomic E-state index is 14.0. The van der Waals surface area contributed by atoms with Gasteiger partial charge in [0.05, 0.1) is 45.4 Å². The standard InChI is InChI=1S/C29H35Cl2N3O4/c1-16-19(14-32-34(16)17-8-10-29(4,11-9-17)27(37)38)26(36)33(18-12-20-21(13-18)28(20,2)3)15-24(35)25-22(30)6-5-7-23(25)31/h5-7,14,17-18,20-21H,8-13,15H2,1-4H3,(H,37,38)/t17?,18?,20-,21+,29?. The predicted molar refractivity (Wildman–Crippen MR) is 146 cm³/mol. The van der Waals surface area contributed by atoms with Crippen LogP contribution in [0.4, 0.5) is 0 Å². The van der Waals surface area contributed by atoms with E-state index in [4.69, 9.17) is 23.2 Å². The Morgan fingerprint density at radius 3 is 2.21 bits per heavy atom. The molecule has 1 aromatic carbocycles. The van der Waals surface area contributed by atoms with Crippen LogP contribution in [0.25, 0.3) is 0 Å². The van der Waals surface area contributed by atoms with Crippen molar-refractivity contribution in [1.82, 2.24) is 14.7 Å². The van der Waals surface area contributed by atoms with E-state index in [2.05, 4.69) is 18.9 Å². The maximum Gasteiger partial charge on any atom is 0.309 e. The average molecular weight is 561 g/mol. The Hall–Kier alpha value is -2.38. The van der Waals surface area contributed by atoms with Gasteiger partial charge < -0.3 is 10.0 Å². The minimum Gasteiger partial charge on any atom is -0.481 e. The molecule has 2 aromatic rings. The van der Waals surface area contributed by atoms with Gasteiger partial charge in [-0.15, -0.1) is 0 Å². The summed E-state index contributed by atoms with van der Waals surface area (Å²) in [6, 6.07) is 4.96. The minimum atomic E-state index is -0.763. The number of carbonyl (C=O) groups excluding carboxylic acids is 2. The molecule has 0 spiro atoms. The summed E-state index contributed by atoms with van der Waals surface area (Å²) in [5.74, 6) is -0.145. The summed E-state index contributed by atoms with van der Waals surface area (Å²) < 4.78 is 1.87. The predicted octanol–water partition coefficient (Wildman–Crippen LogP) is 6.46. The second kappa shape index (κ2) is 9.67. The van der Waals surface area contributed by atoms with Crippen LogP contribution in [0.15, 0.2) is 24.4 Å². The highest BCUT2D eigenvalue weighted by atomic mass is 35.5. The number of aromatic nitrogens is 2. The van der Waals surface area contributed by atoms with Crippen molar-refractivity contribution < 1.29 is 19.5 Å². The zero-order valence-electron chi connectivity index (χ0n) is 22.3. The molecule has 3 atom stereocenters. The van der Waals surface area contributed by atoms with Gasteiger partial charge in [0.15, 0.2) is 5.78 Å². The number of ketones is 1. The molecule has 3 aliphatic rings. The van der Waals surface area contributed by atoms with Gasteiger partial charge in [-0.1, -0.05) is 43.1 Å². The molecule has 38 heavy (non-hydrogen) atoms. The lowest BCUT2D eigenvalue weighted by atomic mass is 9.74. The molecule has 5 rings (SSSR count). The molecular formula is C29H35Cl2N3O4. The summed E-state index contributed by atoms with van der Waals surface area (Å²) in [4.78, 5) is 40.8. The third-order valence-corrected chi connectivity index (χ3v) is 10.4. The van der Waals surface area contributed by atoms with Gasteiger partial charge in [-0.2, -0.15) is 5.10 Å². The fourth-order valence-corrected chi connectivity index (χ4v) is 7.56. The zero-order chi connectivity index (χ0) is 27.6.